The van der Waals surface area contributed by atoms with Crippen molar-refractivity contribution in [2.75, 3.05) is 0 Å². The maximum absolute atomic E-state index is 11.1. The fourth-order valence-corrected chi connectivity index (χ4v) is 2.52. The molecule has 1 atom stereocenters. The molecule has 3 heterocycles. The number of pyridine rings is 1. The molecule has 0 spiro atoms. The number of dihydropyridines is 1. The molecule has 7 heteroatoms. The Morgan fingerprint density at radius 1 is 1.52 bits per heavy atom. The lowest BCUT2D eigenvalue weighted by Crippen LogP contribution is -2.43. The number of rotatable bonds is 3. The molecule has 2 aromatic rings. The van der Waals surface area contributed by atoms with E-state index in [-0.39, 0.29) is 5.57 Å². The molecule has 6 nitrogen and oxygen atoms in total. The number of nitrogens with one attached hydrogen (secondary N) is 1. The molecule has 0 aliphatic carbocycles. The van der Waals surface area contributed by atoms with Crippen LogP contribution in [0.5, 0.6) is 0 Å². The van der Waals surface area contributed by atoms with Gasteiger partial charge in [-0.15, -0.1) is 0 Å². The third kappa shape index (κ3) is 2.62. The van der Waals surface area contributed by atoms with Crippen molar-refractivity contribution >= 4 is 28.6 Å². The van der Waals surface area contributed by atoms with Crippen LogP contribution in [0.15, 0.2) is 42.4 Å². The Balaban J connectivity index is 1.95. The highest BCUT2D eigenvalue weighted by atomic mass is 35.5. The van der Waals surface area contributed by atoms with Gasteiger partial charge in [-0.05, 0) is 31.3 Å². The van der Waals surface area contributed by atoms with E-state index in [2.05, 4.69) is 15.4 Å². The second kappa shape index (κ2) is 4.89. The molecule has 0 amide bonds. The van der Waals surface area contributed by atoms with Gasteiger partial charge in [0, 0.05) is 11.6 Å². The third-order valence-electron chi connectivity index (χ3n) is 3.32. The summed E-state index contributed by atoms with van der Waals surface area (Å²) in [6.07, 6.45) is 8.11. The number of carboxylic acids is 1. The van der Waals surface area contributed by atoms with Crippen molar-refractivity contribution in [3.8, 4) is 0 Å². The largest absolute Gasteiger partial charge is 0.478 e. The predicted octanol–water partition coefficient (Wildman–Crippen LogP) is 1.97. The van der Waals surface area contributed by atoms with Crippen molar-refractivity contribution in [1.29, 1.82) is 0 Å². The molecule has 0 saturated heterocycles. The highest BCUT2D eigenvalue weighted by molar-refractivity contribution is 6.31. The number of aromatic nitrogens is 3. The van der Waals surface area contributed by atoms with Gasteiger partial charge in [0.15, 0.2) is 5.65 Å². The lowest BCUT2D eigenvalue weighted by Gasteiger charge is -2.29. The maximum Gasteiger partial charge on any atom is 0.335 e. The van der Waals surface area contributed by atoms with E-state index < -0.39 is 11.5 Å². The summed E-state index contributed by atoms with van der Waals surface area (Å²) < 4.78 is 1.73. The number of carbonyl (C=O) groups is 1. The molecule has 21 heavy (non-hydrogen) atoms. The van der Waals surface area contributed by atoms with Gasteiger partial charge in [0.05, 0.1) is 28.9 Å². The van der Waals surface area contributed by atoms with Crippen molar-refractivity contribution in [1.82, 2.24) is 20.1 Å². The Bertz CT molecular complexity index is 780. The van der Waals surface area contributed by atoms with Crippen LogP contribution in [-0.2, 0) is 11.3 Å². The molecule has 1 aliphatic rings. The average Bonchev–Trinajstić information content (AvgIpc) is 2.80. The summed E-state index contributed by atoms with van der Waals surface area (Å²) in [5.41, 5.74) is 0.411. The maximum atomic E-state index is 11.1. The van der Waals surface area contributed by atoms with E-state index in [4.69, 9.17) is 16.7 Å². The van der Waals surface area contributed by atoms with Crippen LogP contribution in [0.4, 0.5) is 0 Å². The van der Waals surface area contributed by atoms with E-state index in [0.29, 0.717) is 17.2 Å². The van der Waals surface area contributed by atoms with Gasteiger partial charge in [-0.3, -0.25) is 0 Å². The van der Waals surface area contributed by atoms with E-state index in [1.54, 1.807) is 35.4 Å². The zero-order valence-corrected chi connectivity index (χ0v) is 12.0. The summed E-state index contributed by atoms with van der Waals surface area (Å²) in [6, 6.07) is 1.79. The molecule has 0 fully saturated rings. The number of fused-ring (bicyclic) bond motifs is 1. The van der Waals surface area contributed by atoms with Crippen molar-refractivity contribution in [2.45, 2.75) is 19.0 Å². The van der Waals surface area contributed by atoms with E-state index in [1.165, 1.54) is 6.08 Å². The van der Waals surface area contributed by atoms with Gasteiger partial charge in [-0.25, -0.2) is 14.5 Å². The Labute approximate surface area is 125 Å². The van der Waals surface area contributed by atoms with E-state index in [9.17, 15) is 4.79 Å². The van der Waals surface area contributed by atoms with Crippen molar-refractivity contribution in [2.24, 2.45) is 0 Å². The first-order valence-electron chi connectivity index (χ1n) is 6.34. The van der Waals surface area contributed by atoms with Gasteiger partial charge in [0.1, 0.15) is 0 Å². The minimum Gasteiger partial charge on any atom is -0.478 e. The first kappa shape index (κ1) is 13.6. The smallest absolute Gasteiger partial charge is 0.335 e. The number of nitrogens with zero attached hydrogens (tertiary/aromatic N) is 3. The standard InChI is InChI=1S/C14H13ClN4O2/c1-14(5-9(13(20)21)2-3-17-14)8-19-12-10(6-18-19)4-11(15)7-16-12/h2-7,17H,8H2,1H3,(H,20,21). The molecule has 2 aromatic heterocycles. The van der Waals surface area contributed by atoms with Crippen LogP contribution < -0.4 is 5.32 Å². The summed E-state index contributed by atoms with van der Waals surface area (Å²) in [5, 5.41) is 18.0. The Morgan fingerprint density at radius 3 is 3.10 bits per heavy atom. The number of carboxylic acid groups (broad SMARTS) is 1. The third-order valence-corrected chi connectivity index (χ3v) is 3.52. The number of aliphatic carboxylic acids is 1. The Morgan fingerprint density at radius 2 is 2.33 bits per heavy atom. The minimum absolute atomic E-state index is 0.253. The molecular weight excluding hydrogens is 292 g/mol. The lowest BCUT2D eigenvalue weighted by molar-refractivity contribution is -0.132. The van der Waals surface area contributed by atoms with Crippen LogP contribution in [0, 0.1) is 0 Å². The lowest BCUT2D eigenvalue weighted by atomic mass is 9.96. The van der Waals surface area contributed by atoms with Gasteiger partial charge in [-0.2, -0.15) is 5.10 Å². The molecule has 0 radical (unpaired) electrons. The van der Waals surface area contributed by atoms with Crippen LogP contribution in [0.25, 0.3) is 11.0 Å². The van der Waals surface area contributed by atoms with Gasteiger partial charge in [-0.1, -0.05) is 11.6 Å². The van der Waals surface area contributed by atoms with E-state index in [1.807, 2.05) is 6.92 Å². The zero-order chi connectivity index (χ0) is 15.0. The van der Waals surface area contributed by atoms with Crippen molar-refractivity contribution in [3.05, 3.63) is 47.4 Å². The number of hydrogen-bond donors (Lipinski definition) is 2. The molecule has 0 bridgehead atoms. The Hall–Kier alpha value is -2.34. The van der Waals surface area contributed by atoms with Crippen LogP contribution >= 0.6 is 11.6 Å². The summed E-state index contributed by atoms with van der Waals surface area (Å²) in [4.78, 5) is 15.4. The summed E-state index contributed by atoms with van der Waals surface area (Å²) in [6.45, 7) is 2.36. The van der Waals surface area contributed by atoms with Crippen molar-refractivity contribution in [3.63, 3.8) is 0 Å². The molecule has 0 saturated carbocycles. The topological polar surface area (TPSA) is 80.0 Å². The van der Waals surface area contributed by atoms with Gasteiger partial charge < -0.3 is 10.4 Å². The summed E-state index contributed by atoms with van der Waals surface area (Å²) in [5.74, 6) is -0.950. The van der Waals surface area contributed by atoms with Crippen LogP contribution in [0.1, 0.15) is 6.92 Å². The molecule has 2 N–H and O–H groups in total. The van der Waals surface area contributed by atoms with E-state index >= 15 is 0 Å². The first-order chi connectivity index (χ1) is 9.97. The van der Waals surface area contributed by atoms with Crippen LogP contribution in [0.2, 0.25) is 5.02 Å². The fourth-order valence-electron chi connectivity index (χ4n) is 2.35. The van der Waals surface area contributed by atoms with Gasteiger partial charge >= 0.3 is 5.97 Å². The predicted molar refractivity (Wildman–Crippen MR) is 78.9 cm³/mol. The normalized spacial score (nSPS) is 21.1. The quantitative estimate of drug-likeness (QED) is 0.906. The SMILES string of the molecule is CC1(Cn2ncc3cc(Cl)cnc32)C=C(C(=O)O)C=CN1. The van der Waals surface area contributed by atoms with Crippen molar-refractivity contribution < 1.29 is 9.90 Å². The molecule has 0 aromatic carbocycles. The average molecular weight is 305 g/mol. The summed E-state index contributed by atoms with van der Waals surface area (Å²) in [7, 11) is 0. The fraction of sp³-hybridized carbons (Fsp3) is 0.214. The second-order valence-electron chi connectivity index (χ2n) is 5.17. The van der Waals surface area contributed by atoms with Gasteiger partial charge in [0.25, 0.3) is 0 Å². The number of hydrogen-bond acceptors (Lipinski definition) is 4. The second-order valence-corrected chi connectivity index (χ2v) is 5.60. The first-order valence-corrected chi connectivity index (χ1v) is 6.72. The molecule has 1 unspecified atom stereocenters. The molecule has 3 rings (SSSR count). The van der Waals surface area contributed by atoms with Gasteiger partial charge in [0.2, 0.25) is 0 Å². The molecule has 1 aliphatic heterocycles. The number of halogens is 1. The summed E-state index contributed by atoms with van der Waals surface area (Å²) >= 11 is 5.91. The van der Waals surface area contributed by atoms with Crippen LogP contribution in [-0.4, -0.2) is 31.4 Å². The molecule has 108 valence electrons. The zero-order valence-electron chi connectivity index (χ0n) is 11.2. The van der Waals surface area contributed by atoms with Crippen LogP contribution in [0.3, 0.4) is 0 Å². The molecular formula is C14H13ClN4O2. The highest BCUT2D eigenvalue weighted by Crippen LogP contribution is 2.21. The Kier molecular flexibility index (Phi) is 3.17. The highest BCUT2D eigenvalue weighted by Gasteiger charge is 2.26. The van der Waals surface area contributed by atoms with E-state index in [0.717, 1.165) is 5.39 Å². The monoisotopic (exact) mass is 304 g/mol. The minimum atomic E-state index is -0.950.